The summed E-state index contributed by atoms with van der Waals surface area (Å²) in [5, 5.41) is 5.97. The zero-order chi connectivity index (χ0) is 20.3. The highest BCUT2D eigenvalue weighted by atomic mass is 32.2. The molecular formula is C17H28F2N4O3S. The van der Waals surface area contributed by atoms with Crippen LogP contribution in [0.4, 0.5) is 8.78 Å². The molecular weight excluding hydrogens is 378 g/mol. The number of nitrogens with one attached hydrogen (secondary N) is 2. The number of hydrogen-bond acceptors (Lipinski definition) is 4. The van der Waals surface area contributed by atoms with Gasteiger partial charge in [-0.3, -0.25) is 4.99 Å². The van der Waals surface area contributed by atoms with Gasteiger partial charge in [-0.05, 0) is 19.1 Å². The molecule has 10 heteroatoms. The monoisotopic (exact) mass is 406 g/mol. The van der Waals surface area contributed by atoms with Crippen LogP contribution in [0.15, 0.2) is 23.2 Å². The van der Waals surface area contributed by atoms with Gasteiger partial charge in [0.2, 0.25) is 10.0 Å². The van der Waals surface area contributed by atoms with Gasteiger partial charge in [0.1, 0.15) is 12.4 Å². The Labute approximate surface area is 159 Å². The number of sulfonamides is 1. The molecule has 0 atom stereocenters. The minimum atomic E-state index is -3.33. The van der Waals surface area contributed by atoms with Gasteiger partial charge in [0, 0.05) is 25.7 Å². The molecule has 0 aliphatic rings. The minimum Gasteiger partial charge on any atom is -0.489 e. The number of rotatable bonds is 11. The SMILES string of the molecule is CCNC(=NCCS(=O)(=O)N(CC)CC)NCCOc1ccc(F)cc1F. The molecule has 27 heavy (non-hydrogen) atoms. The molecule has 0 spiro atoms. The minimum absolute atomic E-state index is 0.0366. The van der Waals surface area contributed by atoms with Crippen LogP contribution in [0.2, 0.25) is 0 Å². The van der Waals surface area contributed by atoms with E-state index >= 15 is 0 Å². The fraction of sp³-hybridized carbons (Fsp3) is 0.588. The largest absolute Gasteiger partial charge is 0.489 e. The summed E-state index contributed by atoms with van der Waals surface area (Å²) in [6.45, 7) is 7.48. The molecule has 154 valence electrons. The Morgan fingerprint density at radius 1 is 1.19 bits per heavy atom. The van der Waals surface area contributed by atoms with Gasteiger partial charge >= 0.3 is 0 Å². The summed E-state index contributed by atoms with van der Waals surface area (Å²) in [5.74, 6) is -1.11. The van der Waals surface area contributed by atoms with Crippen LogP contribution in [0.25, 0.3) is 0 Å². The van der Waals surface area contributed by atoms with E-state index in [0.29, 0.717) is 32.1 Å². The molecule has 1 aromatic rings. The van der Waals surface area contributed by atoms with Gasteiger partial charge < -0.3 is 15.4 Å². The molecule has 7 nitrogen and oxygen atoms in total. The Balaban J connectivity index is 2.49. The number of ether oxygens (including phenoxy) is 1. The normalized spacial score (nSPS) is 12.3. The molecule has 0 heterocycles. The standard InChI is InChI=1S/C17H28F2N4O3S/c1-4-20-17(22-10-12-27(24,25)23(5-2)6-3)21-9-11-26-16-8-7-14(18)13-15(16)19/h7-8,13H,4-6,9-12H2,1-3H3,(H2,20,21,22). The quantitative estimate of drug-likeness (QED) is 0.331. The second-order valence-electron chi connectivity index (χ2n) is 5.51. The second-order valence-corrected chi connectivity index (χ2v) is 7.60. The zero-order valence-electron chi connectivity index (χ0n) is 16.0. The van der Waals surface area contributed by atoms with Crippen molar-refractivity contribution in [3.05, 3.63) is 29.8 Å². The molecule has 1 rings (SSSR count). The van der Waals surface area contributed by atoms with Crippen molar-refractivity contribution < 1.29 is 21.9 Å². The third-order valence-corrected chi connectivity index (χ3v) is 5.61. The van der Waals surface area contributed by atoms with Crippen molar-refractivity contribution in [2.45, 2.75) is 20.8 Å². The lowest BCUT2D eigenvalue weighted by molar-refractivity contribution is 0.304. The first kappa shape index (κ1) is 23.1. The molecule has 0 radical (unpaired) electrons. The van der Waals surface area contributed by atoms with E-state index < -0.39 is 21.7 Å². The number of aliphatic imine (C=N–C) groups is 1. The smallest absolute Gasteiger partial charge is 0.215 e. The molecule has 0 fully saturated rings. The van der Waals surface area contributed by atoms with Gasteiger partial charge in [-0.2, -0.15) is 0 Å². The highest BCUT2D eigenvalue weighted by Gasteiger charge is 2.17. The fourth-order valence-electron chi connectivity index (χ4n) is 2.28. The first-order valence-corrected chi connectivity index (χ1v) is 10.5. The highest BCUT2D eigenvalue weighted by Crippen LogP contribution is 2.17. The molecule has 0 unspecified atom stereocenters. The van der Waals surface area contributed by atoms with E-state index in [1.165, 1.54) is 10.4 Å². The molecule has 0 aliphatic carbocycles. The van der Waals surface area contributed by atoms with E-state index in [4.69, 9.17) is 4.74 Å². The van der Waals surface area contributed by atoms with Crippen LogP contribution < -0.4 is 15.4 Å². The van der Waals surface area contributed by atoms with Crippen LogP contribution in [0.1, 0.15) is 20.8 Å². The number of nitrogens with zero attached hydrogens (tertiary/aromatic N) is 2. The third kappa shape index (κ3) is 8.08. The maximum atomic E-state index is 13.5. The molecule has 0 amide bonds. The first-order valence-electron chi connectivity index (χ1n) is 8.91. The maximum Gasteiger partial charge on any atom is 0.215 e. The summed E-state index contributed by atoms with van der Waals surface area (Å²) in [6.07, 6.45) is 0. The van der Waals surface area contributed by atoms with Gasteiger partial charge in [-0.15, -0.1) is 0 Å². The van der Waals surface area contributed by atoms with Crippen molar-refractivity contribution in [1.82, 2.24) is 14.9 Å². The van der Waals surface area contributed by atoms with Crippen LogP contribution in [0.5, 0.6) is 5.75 Å². The van der Waals surface area contributed by atoms with Gasteiger partial charge in [0.05, 0.1) is 18.8 Å². The average molecular weight is 406 g/mol. The highest BCUT2D eigenvalue weighted by molar-refractivity contribution is 7.89. The summed E-state index contributed by atoms with van der Waals surface area (Å²) in [5.41, 5.74) is 0. The van der Waals surface area contributed by atoms with Crippen LogP contribution in [-0.4, -0.2) is 63.8 Å². The summed E-state index contributed by atoms with van der Waals surface area (Å²) in [4.78, 5) is 4.23. The first-order chi connectivity index (χ1) is 12.8. The lowest BCUT2D eigenvalue weighted by Crippen LogP contribution is -2.40. The number of hydrogen-bond donors (Lipinski definition) is 2. The Morgan fingerprint density at radius 3 is 2.48 bits per heavy atom. The average Bonchev–Trinajstić information content (AvgIpc) is 2.60. The van der Waals surface area contributed by atoms with Crippen molar-refractivity contribution >= 4 is 16.0 Å². The van der Waals surface area contributed by atoms with Crippen LogP contribution in [0.3, 0.4) is 0 Å². The molecule has 0 aliphatic heterocycles. The summed E-state index contributed by atoms with van der Waals surface area (Å²) < 4.78 is 57.2. The van der Waals surface area contributed by atoms with Crippen molar-refractivity contribution in [3.8, 4) is 5.75 Å². The summed E-state index contributed by atoms with van der Waals surface area (Å²) in [6, 6.07) is 3.10. The van der Waals surface area contributed by atoms with Gasteiger partial charge in [0.25, 0.3) is 0 Å². The Morgan fingerprint density at radius 2 is 1.89 bits per heavy atom. The van der Waals surface area contributed by atoms with Gasteiger partial charge in [-0.25, -0.2) is 21.5 Å². The predicted molar refractivity (Wildman–Crippen MR) is 103 cm³/mol. The van der Waals surface area contributed by atoms with E-state index in [1.807, 2.05) is 6.92 Å². The van der Waals surface area contributed by atoms with Crippen LogP contribution in [0, 0.1) is 11.6 Å². The maximum absolute atomic E-state index is 13.5. The van der Waals surface area contributed by atoms with Crippen molar-refractivity contribution in [2.24, 2.45) is 4.99 Å². The van der Waals surface area contributed by atoms with Crippen LogP contribution in [-0.2, 0) is 10.0 Å². The van der Waals surface area contributed by atoms with E-state index in [9.17, 15) is 17.2 Å². The summed E-state index contributed by atoms with van der Waals surface area (Å²) in [7, 11) is -3.33. The van der Waals surface area contributed by atoms with E-state index in [2.05, 4.69) is 15.6 Å². The lowest BCUT2D eigenvalue weighted by Gasteiger charge is -2.18. The van der Waals surface area contributed by atoms with Crippen molar-refractivity contribution in [1.29, 1.82) is 0 Å². The lowest BCUT2D eigenvalue weighted by atomic mass is 10.3. The Bertz CT molecular complexity index is 710. The summed E-state index contributed by atoms with van der Waals surface area (Å²) >= 11 is 0. The van der Waals surface area contributed by atoms with E-state index in [0.717, 1.165) is 12.1 Å². The zero-order valence-corrected chi connectivity index (χ0v) is 16.8. The number of halogens is 2. The number of guanidine groups is 1. The third-order valence-electron chi connectivity index (χ3n) is 3.61. The van der Waals surface area contributed by atoms with Gasteiger partial charge in [-0.1, -0.05) is 13.8 Å². The molecule has 0 aromatic heterocycles. The molecule has 0 saturated heterocycles. The Kier molecular flexibility index (Phi) is 10.0. The van der Waals surface area contributed by atoms with Crippen LogP contribution >= 0.6 is 0 Å². The predicted octanol–water partition coefficient (Wildman–Crippen LogP) is 1.57. The fourth-order valence-corrected chi connectivity index (χ4v) is 3.65. The van der Waals surface area contributed by atoms with Crippen molar-refractivity contribution in [2.75, 3.05) is 45.1 Å². The van der Waals surface area contributed by atoms with E-state index in [-0.39, 0.29) is 24.7 Å². The van der Waals surface area contributed by atoms with Gasteiger partial charge in [0.15, 0.2) is 17.5 Å². The van der Waals surface area contributed by atoms with E-state index in [1.54, 1.807) is 13.8 Å². The molecule has 1 aromatic carbocycles. The molecule has 2 N–H and O–H groups in total. The molecule has 0 bridgehead atoms. The number of benzene rings is 1. The van der Waals surface area contributed by atoms with Crippen molar-refractivity contribution in [3.63, 3.8) is 0 Å². The Hall–Kier alpha value is -1.94. The topological polar surface area (TPSA) is 83.0 Å². The second kappa shape index (κ2) is 11.7. The molecule has 0 saturated carbocycles.